The second-order valence-electron chi connectivity index (χ2n) is 6.91. The summed E-state index contributed by atoms with van der Waals surface area (Å²) in [7, 11) is 0. The molecule has 1 aliphatic heterocycles. The van der Waals surface area contributed by atoms with Crippen LogP contribution in [-0.2, 0) is 4.79 Å². The monoisotopic (exact) mass is 447 g/mol. The topological polar surface area (TPSA) is 65.0 Å². The maximum absolute atomic E-state index is 12.2. The van der Waals surface area contributed by atoms with Crippen molar-refractivity contribution in [3.8, 4) is 5.75 Å². The summed E-state index contributed by atoms with van der Waals surface area (Å²) in [6.45, 7) is 4.49. The van der Waals surface area contributed by atoms with Gasteiger partial charge in [0.1, 0.15) is 18.5 Å². The molecule has 0 aliphatic carbocycles. The van der Waals surface area contributed by atoms with Gasteiger partial charge >= 0.3 is 0 Å². The van der Waals surface area contributed by atoms with Gasteiger partial charge in [-0.3, -0.25) is 14.6 Å². The minimum absolute atomic E-state index is 0.00239. The van der Waals surface area contributed by atoms with Crippen LogP contribution >= 0.6 is 15.9 Å². The summed E-state index contributed by atoms with van der Waals surface area (Å²) < 4.78 is 6.63. The molecule has 0 saturated carbocycles. The maximum atomic E-state index is 12.2. The standard InChI is InChI=1S/C21H26BrN3O3/c22-17-6-8-20(9-7-17)28-16-19(26)14-24-10-12-25(13-11-24)15-21(27)23-18-4-2-1-3-5-18/h1-9,19,26H,10-16H2,(H,23,27). The lowest BCUT2D eigenvalue weighted by Crippen LogP contribution is -2.50. The number of aliphatic hydroxyl groups excluding tert-OH is 1. The zero-order valence-electron chi connectivity index (χ0n) is 15.8. The fourth-order valence-corrected chi connectivity index (χ4v) is 3.39. The van der Waals surface area contributed by atoms with Crippen LogP contribution in [0.1, 0.15) is 0 Å². The van der Waals surface area contributed by atoms with Crippen molar-refractivity contribution in [3.05, 3.63) is 59.1 Å². The molecule has 1 fully saturated rings. The molecule has 150 valence electrons. The number of carbonyl (C=O) groups is 1. The Kier molecular flexibility index (Phi) is 7.85. The van der Waals surface area contributed by atoms with Crippen molar-refractivity contribution < 1.29 is 14.6 Å². The Balaban J connectivity index is 1.33. The largest absolute Gasteiger partial charge is 0.491 e. The smallest absolute Gasteiger partial charge is 0.238 e. The van der Waals surface area contributed by atoms with E-state index in [9.17, 15) is 9.90 Å². The van der Waals surface area contributed by atoms with Gasteiger partial charge in [0.2, 0.25) is 5.91 Å². The molecule has 2 N–H and O–H groups in total. The fourth-order valence-electron chi connectivity index (χ4n) is 3.13. The predicted octanol–water partition coefficient (Wildman–Crippen LogP) is 2.45. The van der Waals surface area contributed by atoms with E-state index in [0.29, 0.717) is 13.1 Å². The van der Waals surface area contributed by atoms with Gasteiger partial charge in [-0.1, -0.05) is 34.1 Å². The number of para-hydroxylation sites is 1. The van der Waals surface area contributed by atoms with Crippen LogP contribution in [0.15, 0.2) is 59.1 Å². The third-order valence-electron chi connectivity index (χ3n) is 4.61. The van der Waals surface area contributed by atoms with Gasteiger partial charge in [-0.05, 0) is 36.4 Å². The summed E-state index contributed by atoms with van der Waals surface area (Å²) >= 11 is 3.39. The average molecular weight is 448 g/mol. The molecule has 1 unspecified atom stereocenters. The van der Waals surface area contributed by atoms with Crippen LogP contribution in [0, 0.1) is 0 Å². The molecule has 6 nitrogen and oxygen atoms in total. The van der Waals surface area contributed by atoms with Crippen LogP contribution < -0.4 is 10.1 Å². The Morgan fingerprint density at radius 2 is 1.68 bits per heavy atom. The number of amides is 1. The maximum Gasteiger partial charge on any atom is 0.238 e. The van der Waals surface area contributed by atoms with Crippen LogP contribution in [-0.4, -0.2) is 72.8 Å². The Morgan fingerprint density at radius 3 is 2.36 bits per heavy atom. The van der Waals surface area contributed by atoms with E-state index in [-0.39, 0.29) is 12.5 Å². The molecule has 0 spiro atoms. The minimum Gasteiger partial charge on any atom is -0.491 e. The van der Waals surface area contributed by atoms with E-state index in [2.05, 4.69) is 31.0 Å². The molecule has 1 heterocycles. The first-order valence-corrected chi connectivity index (χ1v) is 10.2. The number of halogens is 1. The van der Waals surface area contributed by atoms with Gasteiger partial charge in [0.05, 0.1) is 6.54 Å². The number of rotatable bonds is 8. The van der Waals surface area contributed by atoms with Crippen molar-refractivity contribution in [2.45, 2.75) is 6.10 Å². The second-order valence-corrected chi connectivity index (χ2v) is 7.83. The number of anilines is 1. The second kappa shape index (κ2) is 10.6. The molecule has 3 rings (SSSR count). The van der Waals surface area contributed by atoms with E-state index in [1.54, 1.807) is 0 Å². The van der Waals surface area contributed by atoms with Crippen molar-refractivity contribution in [3.63, 3.8) is 0 Å². The Morgan fingerprint density at radius 1 is 1.04 bits per heavy atom. The summed E-state index contributed by atoms with van der Waals surface area (Å²) in [6.07, 6.45) is -0.545. The van der Waals surface area contributed by atoms with Gasteiger partial charge in [-0.25, -0.2) is 0 Å². The van der Waals surface area contributed by atoms with Crippen LogP contribution in [0.3, 0.4) is 0 Å². The van der Waals surface area contributed by atoms with Crippen molar-refractivity contribution in [2.24, 2.45) is 0 Å². The highest BCUT2D eigenvalue weighted by Gasteiger charge is 2.21. The normalized spacial score (nSPS) is 16.5. The average Bonchev–Trinajstić information content (AvgIpc) is 2.70. The summed E-state index contributed by atoms with van der Waals surface area (Å²) in [4.78, 5) is 16.5. The third-order valence-corrected chi connectivity index (χ3v) is 5.14. The number of aliphatic hydroxyl groups is 1. The summed E-state index contributed by atoms with van der Waals surface area (Å²) in [6, 6.07) is 17.1. The zero-order valence-corrected chi connectivity index (χ0v) is 17.3. The number of nitrogens with one attached hydrogen (secondary N) is 1. The van der Waals surface area contributed by atoms with Crippen molar-refractivity contribution in [1.82, 2.24) is 9.80 Å². The van der Waals surface area contributed by atoms with Gasteiger partial charge in [0, 0.05) is 42.9 Å². The molecule has 1 aliphatic rings. The third kappa shape index (κ3) is 6.91. The van der Waals surface area contributed by atoms with E-state index < -0.39 is 6.10 Å². The lowest BCUT2D eigenvalue weighted by Gasteiger charge is -2.35. The Labute approximate surface area is 174 Å². The zero-order chi connectivity index (χ0) is 19.8. The van der Waals surface area contributed by atoms with Gasteiger partial charge in [-0.15, -0.1) is 0 Å². The van der Waals surface area contributed by atoms with Gasteiger partial charge in [0.25, 0.3) is 0 Å². The van der Waals surface area contributed by atoms with Crippen molar-refractivity contribution >= 4 is 27.5 Å². The fraction of sp³-hybridized carbons (Fsp3) is 0.381. The number of hydrogen-bond donors (Lipinski definition) is 2. The number of hydrogen-bond acceptors (Lipinski definition) is 5. The van der Waals surface area contributed by atoms with E-state index >= 15 is 0 Å². The molecular formula is C21H26BrN3O3. The molecule has 7 heteroatoms. The highest BCUT2D eigenvalue weighted by molar-refractivity contribution is 9.10. The molecule has 1 saturated heterocycles. The molecule has 2 aromatic carbocycles. The summed E-state index contributed by atoms with van der Waals surface area (Å²) in [5.74, 6) is 0.749. The highest BCUT2D eigenvalue weighted by atomic mass is 79.9. The first kappa shape index (κ1) is 20.8. The van der Waals surface area contributed by atoms with Crippen LogP contribution in [0.25, 0.3) is 0 Å². The first-order valence-electron chi connectivity index (χ1n) is 9.44. The van der Waals surface area contributed by atoms with Gasteiger partial charge < -0.3 is 15.2 Å². The van der Waals surface area contributed by atoms with Crippen LogP contribution in [0.4, 0.5) is 5.69 Å². The quantitative estimate of drug-likeness (QED) is 0.650. The Hall–Kier alpha value is -1.93. The van der Waals surface area contributed by atoms with Gasteiger partial charge in [0.15, 0.2) is 0 Å². The molecule has 0 aromatic heterocycles. The SMILES string of the molecule is O=C(CN1CCN(CC(O)COc2ccc(Br)cc2)CC1)Nc1ccccc1. The number of carbonyl (C=O) groups excluding carboxylic acids is 1. The number of β-amino-alcohol motifs (C(OH)–C–C–N with tert-alkyl or cyclic N) is 1. The molecular weight excluding hydrogens is 422 g/mol. The van der Waals surface area contributed by atoms with Crippen LogP contribution in [0.2, 0.25) is 0 Å². The highest BCUT2D eigenvalue weighted by Crippen LogP contribution is 2.16. The number of ether oxygens (including phenoxy) is 1. The first-order chi connectivity index (χ1) is 13.6. The lowest BCUT2D eigenvalue weighted by atomic mass is 10.2. The summed E-state index contributed by atoms with van der Waals surface area (Å²) in [5, 5.41) is 13.2. The molecule has 1 atom stereocenters. The van der Waals surface area contributed by atoms with Crippen molar-refractivity contribution in [2.75, 3.05) is 51.2 Å². The van der Waals surface area contributed by atoms with Gasteiger partial charge in [-0.2, -0.15) is 0 Å². The summed E-state index contributed by atoms with van der Waals surface area (Å²) in [5.41, 5.74) is 0.819. The molecule has 0 radical (unpaired) electrons. The molecule has 28 heavy (non-hydrogen) atoms. The minimum atomic E-state index is -0.545. The number of benzene rings is 2. The van der Waals surface area contributed by atoms with E-state index in [1.807, 2.05) is 54.6 Å². The lowest BCUT2D eigenvalue weighted by molar-refractivity contribution is -0.117. The van der Waals surface area contributed by atoms with Crippen molar-refractivity contribution in [1.29, 1.82) is 0 Å². The molecule has 0 bridgehead atoms. The van der Waals surface area contributed by atoms with E-state index in [1.165, 1.54) is 0 Å². The molecule has 2 aromatic rings. The Bertz CT molecular complexity index is 734. The number of nitrogens with zero attached hydrogens (tertiary/aromatic N) is 2. The number of piperazine rings is 1. The van der Waals surface area contributed by atoms with E-state index in [0.717, 1.165) is 42.1 Å². The van der Waals surface area contributed by atoms with E-state index in [4.69, 9.17) is 4.74 Å². The van der Waals surface area contributed by atoms with Crippen LogP contribution in [0.5, 0.6) is 5.75 Å². The molecule has 1 amide bonds. The predicted molar refractivity (Wildman–Crippen MR) is 114 cm³/mol.